The number of ether oxygens (including phenoxy) is 1. The van der Waals surface area contributed by atoms with Gasteiger partial charge in [-0.3, -0.25) is 0 Å². The predicted molar refractivity (Wildman–Crippen MR) is 67.0 cm³/mol. The highest BCUT2D eigenvalue weighted by Crippen LogP contribution is 2.24. The zero-order chi connectivity index (χ0) is 9.80. The molecule has 86 valence electrons. The molecule has 2 rings (SSSR count). The van der Waals surface area contributed by atoms with Crippen molar-refractivity contribution in [1.82, 2.24) is 5.32 Å². The Balaban J connectivity index is 0.00000112. The first-order valence-electron chi connectivity index (χ1n) is 5.26. The zero-order valence-corrected chi connectivity index (χ0v) is 10.6. The SMILES string of the molecule is CC(O[C@@H]1CCCNC1)c1cccs1.Cl. The summed E-state index contributed by atoms with van der Waals surface area (Å²) in [5.41, 5.74) is 0. The predicted octanol–water partition coefficient (Wildman–Crippen LogP) is 3.00. The molecular formula is C11H18ClNOS. The van der Waals surface area contributed by atoms with Gasteiger partial charge in [-0.25, -0.2) is 0 Å². The quantitative estimate of drug-likeness (QED) is 0.887. The van der Waals surface area contributed by atoms with Crippen LogP contribution in [0.25, 0.3) is 0 Å². The maximum absolute atomic E-state index is 5.98. The van der Waals surface area contributed by atoms with Crippen LogP contribution in [-0.4, -0.2) is 19.2 Å². The van der Waals surface area contributed by atoms with Gasteiger partial charge in [-0.1, -0.05) is 6.07 Å². The van der Waals surface area contributed by atoms with Crippen LogP contribution in [-0.2, 0) is 4.74 Å². The van der Waals surface area contributed by atoms with E-state index in [0.29, 0.717) is 6.10 Å². The lowest BCUT2D eigenvalue weighted by Crippen LogP contribution is -2.35. The molecule has 2 nitrogen and oxygen atoms in total. The Bertz CT molecular complexity index is 260. The molecule has 1 saturated heterocycles. The molecule has 1 aliphatic rings. The number of hydrogen-bond acceptors (Lipinski definition) is 3. The van der Waals surface area contributed by atoms with E-state index in [2.05, 4.69) is 29.8 Å². The third-order valence-electron chi connectivity index (χ3n) is 2.59. The van der Waals surface area contributed by atoms with Gasteiger partial charge < -0.3 is 10.1 Å². The molecule has 1 aromatic heterocycles. The van der Waals surface area contributed by atoms with Crippen molar-refractivity contribution in [3.8, 4) is 0 Å². The molecule has 15 heavy (non-hydrogen) atoms. The summed E-state index contributed by atoms with van der Waals surface area (Å²) in [4.78, 5) is 1.33. The number of hydrogen-bond donors (Lipinski definition) is 1. The Kier molecular flexibility index (Phi) is 5.61. The van der Waals surface area contributed by atoms with Gasteiger partial charge in [0.15, 0.2) is 0 Å². The maximum atomic E-state index is 5.98. The molecule has 1 fully saturated rings. The van der Waals surface area contributed by atoms with Crippen LogP contribution in [0.4, 0.5) is 0 Å². The van der Waals surface area contributed by atoms with Gasteiger partial charge in [0.1, 0.15) is 0 Å². The van der Waals surface area contributed by atoms with Crippen molar-refractivity contribution in [1.29, 1.82) is 0 Å². The lowest BCUT2D eigenvalue weighted by atomic mass is 10.1. The highest BCUT2D eigenvalue weighted by molar-refractivity contribution is 7.10. The number of nitrogens with one attached hydrogen (secondary N) is 1. The first kappa shape index (κ1) is 13.0. The average Bonchev–Trinajstić information content (AvgIpc) is 2.72. The highest BCUT2D eigenvalue weighted by atomic mass is 35.5. The van der Waals surface area contributed by atoms with Gasteiger partial charge in [0.2, 0.25) is 0 Å². The second kappa shape index (κ2) is 6.48. The average molecular weight is 248 g/mol. The molecule has 1 aromatic rings. The first-order chi connectivity index (χ1) is 6.86. The zero-order valence-electron chi connectivity index (χ0n) is 8.94. The molecule has 0 aliphatic carbocycles. The van der Waals surface area contributed by atoms with Crippen LogP contribution >= 0.6 is 23.7 Å². The van der Waals surface area contributed by atoms with Crippen molar-refractivity contribution in [3.63, 3.8) is 0 Å². The summed E-state index contributed by atoms with van der Waals surface area (Å²) in [6.07, 6.45) is 3.09. The Morgan fingerprint density at radius 1 is 1.60 bits per heavy atom. The van der Waals surface area contributed by atoms with E-state index in [1.54, 1.807) is 11.3 Å². The maximum Gasteiger partial charge on any atom is 0.0893 e. The van der Waals surface area contributed by atoms with Gasteiger partial charge in [0.05, 0.1) is 12.2 Å². The van der Waals surface area contributed by atoms with E-state index in [1.165, 1.54) is 17.7 Å². The lowest BCUT2D eigenvalue weighted by Gasteiger charge is -2.26. The molecular weight excluding hydrogens is 230 g/mol. The van der Waals surface area contributed by atoms with Crippen LogP contribution in [0.2, 0.25) is 0 Å². The normalized spacial score (nSPS) is 23.1. The first-order valence-corrected chi connectivity index (χ1v) is 6.14. The van der Waals surface area contributed by atoms with Gasteiger partial charge >= 0.3 is 0 Å². The van der Waals surface area contributed by atoms with Gasteiger partial charge in [0, 0.05) is 11.4 Å². The fourth-order valence-electron chi connectivity index (χ4n) is 1.81. The molecule has 0 amide bonds. The summed E-state index contributed by atoms with van der Waals surface area (Å²) < 4.78 is 5.98. The summed E-state index contributed by atoms with van der Waals surface area (Å²) in [5, 5.41) is 5.47. The van der Waals surface area contributed by atoms with Crippen LogP contribution in [0.5, 0.6) is 0 Å². The van der Waals surface area contributed by atoms with E-state index < -0.39 is 0 Å². The minimum Gasteiger partial charge on any atom is -0.368 e. The highest BCUT2D eigenvalue weighted by Gasteiger charge is 2.17. The monoisotopic (exact) mass is 247 g/mol. The molecule has 0 radical (unpaired) electrons. The van der Waals surface area contributed by atoms with E-state index in [0.717, 1.165) is 13.1 Å². The summed E-state index contributed by atoms with van der Waals surface area (Å²) in [5.74, 6) is 0. The standard InChI is InChI=1S/C11H17NOS.ClH/c1-9(11-5-3-7-14-11)13-10-4-2-6-12-8-10;/h3,5,7,9-10,12H,2,4,6,8H2,1H3;1H/t9?,10-;/m1./s1. The molecule has 0 saturated carbocycles. The Hall–Kier alpha value is -0.0900. The Morgan fingerprint density at radius 3 is 3.07 bits per heavy atom. The second-order valence-corrected chi connectivity index (χ2v) is 4.74. The fourth-order valence-corrected chi connectivity index (χ4v) is 2.53. The van der Waals surface area contributed by atoms with Crippen molar-refractivity contribution in [2.45, 2.75) is 32.0 Å². The summed E-state index contributed by atoms with van der Waals surface area (Å²) in [7, 11) is 0. The number of halogens is 1. The van der Waals surface area contributed by atoms with Gasteiger partial charge in [0.25, 0.3) is 0 Å². The molecule has 0 spiro atoms. The van der Waals surface area contributed by atoms with Crippen LogP contribution in [0.1, 0.15) is 30.7 Å². The Morgan fingerprint density at radius 2 is 2.47 bits per heavy atom. The van der Waals surface area contributed by atoms with Crippen molar-refractivity contribution in [3.05, 3.63) is 22.4 Å². The van der Waals surface area contributed by atoms with Crippen LogP contribution in [0.15, 0.2) is 17.5 Å². The molecule has 0 bridgehead atoms. The molecule has 1 aliphatic heterocycles. The third kappa shape index (κ3) is 3.76. The van der Waals surface area contributed by atoms with Gasteiger partial charge in [-0.15, -0.1) is 23.7 Å². The minimum atomic E-state index is 0. The van der Waals surface area contributed by atoms with E-state index in [-0.39, 0.29) is 18.5 Å². The molecule has 0 aromatic carbocycles. The van der Waals surface area contributed by atoms with Crippen LogP contribution in [0.3, 0.4) is 0 Å². The summed E-state index contributed by atoms with van der Waals surface area (Å²) in [6.45, 7) is 4.30. The van der Waals surface area contributed by atoms with Gasteiger partial charge in [-0.05, 0) is 37.8 Å². The van der Waals surface area contributed by atoms with Crippen molar-refractivity contribution in [2.24, 2.45) is 0 Å². The summed E-state index contributed by atoms with van der Waals surface area (Å²) >= 11 is 1.77. The van der Waals surface area contributed by atoms with Crippen LogP contribution in [0, 0.1) is 0 Å². The topological polar surface area (TPSA) is 21.3 Å². The molecule has 1 N–H and O–H groups in total. The minimum absolute atomic E-state index is 0. The van der Waals surface area contributed by atoms with E-state index in [4.69, 9.17) is 4.74 Å². The second-order valence-electron chi connectivity index (χ2n) is 3.76. The number of thiophene rings is 1. The number of piperidine rings is 1. The van der Waals surface area contributed by atoms with Crippen molar-refractivity contribution < 1.29 is 4.74 Å². The molecule has 2 atom stereocenters. The summed E-state index contributed by atoms with van der Waals surface area (Å²) in [6, 6.07) is 4.23. The molecule has 4 heteroatoms. The largest absolute Gasteiger partial charge is 0.368 e. The van der Waals surface area contributed by atoms with E-state index in [9.17, 15) is 0 Å². The Labute approximate surface area is 101 Å². The van der Waals surface area contributed by atoms with Crippen molar-refractivity contribution in [2.75, 3.05) is 13.1 Å². The van der Waals surface area contributed by atoms with E-state index in [1.807, 2.05) is 0 Å². The lowest BCUT2D eigenvalue weighted by molar-refractivity contribution is -0.0133. The van der Waals surface area contributed by atoms with E-state index >= 15 is 0 Å². The smallest absolute Gasteiger partial charge is 0.0893 e. The number of rotatable bonds is 3. The molecule has 2 heterocycles. The van der Waals surface area contributed by atoms with Gasteiger partial charge in [-0.2, -0.15) is 0 Å². The third-order valence-corrected chi connectivity index (χ3v) is 3.63. The fraction of sp³-hybridized carbons (Fsp3) is 0.636. The van der Waals surface area contributed by atoms with Crippen molar-refractivity contribution >= 4 is 23.7 Å². The molecule has 1 unspecified atom stereocenters. The van der Waals surface area contributed by atoms with Crippen LogP contribution < -0.4 is 5.32 Å².